The number of nitro groups is 1. The first-order valence-corrected chi connectivity index (χ1v) is 5.01. The normalized spacial score (nSPS) is 10.2. The number of carbonyl (C=O) groups excluding carboxylic acids is 1. The Kier molecular flexibility index (Phi) is 4.58. The van der Waals surface area contributed by atoms with Gasteiger partial charge in [-0.15, -0.1) is 0 Å². The van der Waals surface area contributed by atoms with Gasteiger partial charge in [-0.05, 0) is 6.42 Å². The number of amides is 1. The summed E-state index contributed by atoms with van der Waals surface area (Å²) in [5, 5.41) is 17.0. The van der Waals surface area contributed by atoms with Crippen LogP contribution in [0.5, 0.6) is 0 Å². The number of carbonyl (C=O) groups is 1. The van der Waals surface area contributed by atoms with Crippen LogP contribution in [0.15, 0.2) is 6.20 Å². The number of nitrogens with zero attached hydrogens (tertiary/aromatic N) is 3. The van der Waals surface area contributed by atoms with Gasteiger partial charge in [-0.3, -0.25) is 19.6 Å². The first-order valence-electron chi connectivity index (χ1n) is 5.01. The second-order valence-corrected chi connectivity index (χ2v) is 3.40. The van der Waals surface area contributed by atoms with Crippen LogP contribution in [0.25, 0.3) is 0 Å². The SMILES string of the molecule is COCCCNC(=O)c1nn(C)cc1[N+](=O)[O-]. The molecule has 94 valence electrons. The minimum atomic E-state index is -0.628. The van der Waals surface area contributed by atoms with Crippen LogP contribution >= 0.6 is 0 Å². The van der Waals surface area contributed by atoms with Gasteiger partial charge in [0.25, 0.3) is 5.91 Å². The average molecular weight is 242 g/mol. The molecule has 0 aliphatic heterocycles. The fourth-order valence-corrected chi connectivity index (χ4v) is 1.27. The van der Waals surface area contributed by atoms with Crippen molar-refractivity contribution in [3.63, 3.8) is 0 Å². The number of hydrogen-bond donors (Lipinski definition) is 1. The van der Waals surface area contributed by atoms with E-state index < -0.39 is 10.8 Å². The molecule has 0 fully saturated rings. The van der Waals surface area contributed by atoms with Gasteiger partial charge >= 0.3 is 5.69 Å². The summed E-state index contributed by atoms with van der Waals surface area (Å²) in [4.78, 5) is 21.7. The average Bonchev–Trinajstić information content (AvgIpc) is 2.66. The zero-order valence-corrected chi connectivity index (χ0v) is 9.67. The molecule has 17 heavy (non-hydrogen) atoms. The van der Waals surface area contributed by atoms with Crippen molar-refractivity contribution in [2.45, 2.75) is 6.42 Å². The molecule has 0 radical (unpaired) electrons. The number of ether oxygens (including phenoxy) is 1. The van der Waals surface area contributed by atoms with E-state index in [2.05, 4.69) is 10.4 Å². The van der Waals surface area contributed by atoms with E-state index in [0.717, 1.165) is 0 Å². The van der Waals surface area contributed by atoms with E-state index in [9.17, 15) is 14.9 Å². The monoisotopic (exact) mass is 242 g/mol. The maximum atomic E-state index is 11.6. The Balaban J connectivity index is 2.65. The molecular weight excluding hydrogens is 228 g/mol. The molecule has 0 atom stereocenters. The minimum absolute atomic E-state index is 0.171. The van der Waals surface area contributed by atoms with Crippen LogP contribution in [0.4, 0.5) is 5.69 Å². The van der Waals surface area contributed by atoms with Gasteiger partial charge in [0.2, 0.25) is 5.69 Å². The Morgan fingerprint density at radius 1 is 1.71 bits per heavy atom. The number of methoxy groups -OCH3 is 1. The Hall–Kier alpha value is -1.96. The van der Waals surface area contributed by atoms with Crippen molar-refractivity contribution >= 4 is 11.6 Å². The van der Waals surface area contributed by atoms with Gasteiger partial charge in [0.15, 0.2) is 0 Å². The van der Waals surface area contributed by atoms with Crippen LogP contribution in [0.1, 0.15) is 16.9 Å². The van der Waals surface area contributed by atoms with E-state index in [0.29, 0.717) is 19.6 Å². The fraction of sp³-hybridized carbons (Fsp3) is 0.556. The maximum Gasteiger partial charge on any atom is 0.320 e. The summed E-state index contributed by atoms with van der Waals surface area (Å²) in [6.45, 7) is 0.908. The van der Waals surface area contributed by atoms with Crippen molar-refractivity contribution < 1.29 is 14.5 Å². The lowest BCUT2D eigenvalue weighted by Crippen LogP contribution is -2.26. The zero-order chi connectivity index (χ0) is 12.8. The van der Waals surface area contributed by atoms with E-state index in [-0.39, 0.29) is 11.4 Å². The predicted octanol–water partition coefficient (Wildman–Crippen LogP) is 0.0946. The summed E-state index contributed by atoms with van der Waals surface area (Å²) in [6.07, 6.45) is 1.84. The van der Waals surface area contributed by atoms with Crippen molar-refractivity contribution in [1.29, 1.82) is 0 Å². The Labute approximate surface area is 97.7 Å². The predicted molar refractivity (Wildman–Crippen MR) is 58.7 cm³/mol. The Bertz CT molecular complexity index is 415. The summed E-state index contributed by atoms with van der Waals surface area (Å²) in [5.41, 5.74) is -0.466. The smallest absolute Gasteiger partial charge is 0.320 e. The highest BCUT2D eigenvalue weighted by atomic mass is 16.6. The second-order valence-electron chi connectivity index (χ2n) is 3.40. The van der Waals surface area contributed by atoms with Gasteiger partial charge < -0.3 is 10.1 Å². The molecule has 0 saturated heterocycles. The third kappa shape index (κ3) is 3.52. The third-order valence-corrected chi connectivity index (χ3v) is 2.03. The van der Waals surface area contributed by atoms with Gasteiger partial charge in [0.1, 0.15) is 6.20 Å². The zero-order valence-electron chi connectivity index (χ0n) is 9.67. The van der Waals surface area contributed by atoms with Crippen LogP contribution < -0.4 is 5.32 Å². The first-order chi connectivity index (χ1) is 8.06. The van der Waals surface area contributed by atoms with Crippen LogP contribution in [-0.4, -0.2) is 40.9 Å². The molecule has 1 N–H and O–H groups in total. The lowest BCUT2D eigenvalue weighted by atomic mass is 10.3. The fourth-order valence-electron chi connectivity index (χ4n) is 1.27. The maximum absolute atomic E-state index is 11.6. The van der Waals surface area contributed by atoms with Gasteiger partial charge in [-0.1, -0.05) is 0 Å². The summed E-state index contributed by atoms with van der Waals surface area (Å²) < 4.78 is 6.05. The molecule has 1 aromatic heterocycles. The minimum Gasteiger partial charge on any atom is -0.385 e. The van der Waals surface area contributed by atoms with Crippen molar-refractivity contribution in [2.24, 2.45) is 7.05 Å². The Morgan fingerprint density at radius 2 is 2.41 bits per heavy atom. The van der Waals surface area contributed by atoms with E-state index >= 15 is 0 Å². The van der Waals surface area contributed by atoms with Gasteiger partial charge in [-0.25, -0.2) is 0 Å². The van der Waals surface area contributed by atoms with Crippen LogP contribution in [0.3, 0.4) is 0 Å². The van der Waals surface area contributed by atoms with Gasteiger partial charge in [0, 0.05) is 27.3 Å². The molecule has 0 saturated carbocycles. The highest BCUT2D eigenvalue weighted by Gasteiger charge is 2.24. The van der Waals surface area contributed by atoms with E-state index in [4.69, 9.17) is 4.74 Å². The van der Waals surface area contributed by atoms with Crippen molar-refractivity contribution in [3.8, 4) is 0 Å². The van der Waals surface area contributed by atoms with Gasteiger partial charge in [-0.2, -0.15) is 5.10 Å². The van der Waals surface area contributed by atoms with Crippen molar-refractivity contribution in [1.82, 2.24) is 15.1 Å². The summed E-state index contributed by atoms with van der Waals surface area (Å²) in [5.74, 6) is -0.548. The molecule has 1 amide bonds. The third-order valence-electron chi connectivity index (χ3n) is 2.03. The number of aromatic nitrogens is 2. The van der Waals surface area contributed by atoms with Gasteiger partial charge in [0.05, 0.1) is 4.92 Å². The van der Waals surface area contributed by atoms with E-state index in [1.54, 1.807) is 7.11 Å². The largest absolute Gasteiger partial charge is 0.385 e. The summed E-state index contributed by atoms with van der Waals surface area (Å²) in [6, 6.07) is 0. The molecule has 0 spiro atoms. The highest BCUT2D eigenvalue weighted by molar-refractivity contribution is 5.95. The number of rotatable bonds is 6. The van der Waals surface area contributed by atoms with E-state index in [1.807, 2.05) is 0 Å². The van der Waals surface area contributed by atoms with Crippen molar-refractivity contribution in [3.05, 3.63) is 22.0 Å². The molecule has 1 aromatic rings. The summed E-state index contributed by atoms with van der Waals surface area (Å²) in [7, 11) is 3.08. The topological polar surface area (TPSA) is 99.3 Å². The molecule has 0 aromatic carbocycles. The highest BCUT2D eigenvalue weighted by Crippen LogP contribution is 2.15. The molecule has 1 rings (SSSR count). The lowest BCUT2D eigenvalue weighted by Gasteiger charge is -2.01. The van der Waals surface area contributed by atoms with Crippen LogP contribution in [-0.2, 0) is 11.8 Å². The number of aryl methyl sites for hydroxylation is 1. The van der Waals surface area contributed by atoms with Crippen molar-refractivity contribution in [2.75, 3.05) is 20.3 Å². The molecule has 0 aliphatic rings. The standard InChI is InChI=1S/C9H14N4O4/c1-12-6-7(13(15)16)8(11-12)9(14)10-4-3-5-17-2/h6H,3-5H2,1-2H3,(H,10,14). The second kappa shape index (κ2) is 5.94. The quantitative estimate of drug-likeness (QED) is 0.433. The number of nitrogens with one attached hydrogen (secondary N) is 1. The lowest BCUT2D eigenvalue weighted by molar-refractivity contribution is -0.385. The molecule has 8 heteroatoms. The molecule has 0 aliphatic carbocycles. The van der Waals surface area contributed by atoms with E-state index in [1.165, 1.54) is 17.9 Å². The molecular formula is C9H14N4O4. The number of hydrogen-bond acceptors (Lipinski definition) is 5. The molecule has 0 unspecified atom stereocenters. The molecule has 0 bridgehead atoms. The molecule has 8 nitrogen and oxygen atoms in total. The molecule has 1 heterocycles. The first kappa shape index (κ1) is 13.1. The van der Waals surface area contributed by atoms with Crippen LogP contribution in [0, 0.1) is 10.1 Å². The Morgan fingerprint density at radius 3 is 3.00 bits per heavy atom. The summed E-state index contributed by atoms with van der Waals surface area (Å²) >= 11 is 0. The van der Waals surface area contributed by atoms with Crippen LogP contribution in [0.2, 0.25) is 0 Å².